The number of rotatable bonds is 7. The van der Waals surface area contributed by atoms with Gasteiger partial charge in [0.1, 0.15) is 10.6 Å². The van der Waals surface area contributed by atoms with Crippen LogP contribution in [0.5, 0.6) is 0 Å². The number of carboxylic acid groups (broad SMARTS) is 1. The van der Waals surface area contributed by atoms with Gasteiger partial charge in [-0.15, -0.1) is 6.58 Å². The minimum Gasteiger partial charge on any atom is -0.477 e. The largest absolute Gasteiger partial charge is 0.477 e. The fourth-order valence-electron chi connectivity index (χ4n) is 1.36. The summed E-state index contributed by atoms with van der Waals surface area (Å²) >= 11 is 0. The lowest BCUT2D eigenvalue weighted by atomic mass is 10.4. The lowest BCUT2D eigenvalue weighted by Crippen LogP contribution is -2.33. The molecular formula is C10H14N2O5S. The third-order valence-corrected chi connectivity index (χ3v) is 4.05. The fourth-order valence-corrected chi connectivity index (χ4v) is 2.76. The van der Waals surface area contributed by atoms with Crippen molar-refractivity contribution in [1.29, 1.82) is 0 Å². The van der Waals surface area contributed by atoms with Crippen LogP contribution in [0, 0.1) is 0 Å². The maximum absolute atomic E-state index is 12.1. The Hall–Kier alpha value is -1.64. The van der Waals surface area contributed by atoms with Crippen molar-refractivity contribution in [3.63, 3.8) is 0 Å². The average molecular weight is 274 g/mol. The normalized spacial score (nSPS) is 11.7. The van der Waals surface area contributed by atoms with Gasteiger partial charge in [-0.2, -0.15) is 4.31 Å². The Balaban J connectivity index is 3.09. The summed E-state index contributed by atoms with van der Waals surface area (Å²) in [6.45, 7) is 3.06. The van der Waals surface area contributed by atoms with Crippen molar-refractivity contribution in [2.24, 2.45) is 0 Å². The highest BCUT2D eigenvalue weighted by Gasteiger charge is 2.25. The number of hydrogen-bond acceptors (Lipinski definition) is 4. The van der Waals surface area contributed by atoms with Crippen LogP contribution >= 0.6 is 0 Å². The summed E-state index contributed by atoms with van der Waals surface area (Å²) in [5.74, 6) is -1.24. The second-order valence-electron chi connectivity index (χ2n) is 3.43. The minimum atomic E-state index is -3.83. The molecule has 1 aromatic heterocycles. The lowest BCUT2D eigenvalue weighted by molar-refractivity contribution is 0.0691. The van der Waals surface area contributed by atoms with Gasteiger partial charge in [-0.1, -0.05) is 6.08 Å². The Morgan fingerprint density at radius 3 is 2.67 bits per heavy atom. The second kappa shape index (κ2) is 5.80. The van der Waals surface area contributed by atoms with Crippen LogP contribution in [-0.2, 0) is 10.0 Å². The van der Waals surface area contributed by atoms with Crippen LogP contribution in [0.3, 0.4) is 0 Å². The maximum Gasteiger partial charge on any atom is 0.352 e. The van der Waals surface area contributed by atoms with Crippen molar-refractivity contribution in [1.82, 2.24) is 9.29 Å². The van der Waals surface area contributed by atoms with E-state index in [0.717, 1.165) is 16.6 Å². The molecule has 0 fully saturated rings. The number of aliphatic hydroxyl groups excluding tert-OH is 1. The molecule has 0 saturated heterocycles. The third-order valence-electron chi connectivity index (χ3n) is 2.21. The summed E-state index contributed by atoms with van der Waals surface area (Å²) < 4.78 is 25.2. The van der Waals surface area contributed by atoms with Crippen LogP contribution < -0.4 is 0 Å². The topological polar surface area (TPSA) is 111 Å². The Morgan fingerprint density at radius 1 is 1.56 bits per heavy atom. The van der Waals surface area contributed by atoms with E-state index >= 15 is 0 Å². The van der Waals surface area contributed by atoms with E-state index in [2.05, 4.69) is 11.6 Å². The molecule has 0 aliphatic rings. The molecule has 0 aliphatic carbocycles. The first kappa shape index (κ1) is 14.4. The number of carboxylic acids is 1. The number of hydrogen-bond donors (Lipinski definition) is 3. The molecule has 8 heteroatoms. The lowest BCUT2D eigenvalue weighted by Gasteiger charge is -2.18. The van der Waals surface area contributed by atoms with E-state index in [0.29, 0.717) is 0 Å². The summed E-state index contributed by atoms with van der Waals surface area (Å²) in [6, 6.07) is 1.03. The van der Waals surface area contributed by atoms with Crippen LogP contribution in [0.4, 0.5) is 0 Å². The first-order chi connectivity index (χ1) is 8.43. The predicted octanol–water partition coefficient (Wildman–Crippen LogP) is -0.118. The predicted molar refractivity (Wildman–Crippen MR) is 63.8 cm³/mol. The van der Waals surface area contributed by atoms with Gasteiger partial charge in [0.05, 0.1) is 6.61 Å². The van der Waals surface area contributed by atoms with Crippen LogP contribution in [0.2, 0.25) is 0 Å². The van der Waals surface area contributed by atoms with Crippen molar-refractivity contribution in [2.45, 2.75) is 4.90 Å². The molecule has 1 aromatic rings. The number of sulfonamides is 1. The van der Waals surface area contributed by atoms with Crippen molar-refractivity contribution < 1.29 is 23.4 Å². The Labute approximate surface area is 104 Å². The third kappa shape index (κ3) is 2.97. The Bertz CT molecular complexity index is 534. The van der Waals surface area contributed by atoms with E-state index in [-0.39, 0.29) is 30.3 Å². The number of nitrogens with zero attached hydrogens (tertiary/aromatic N) is 1. The van der Waals surface area contributed by atoms with Crippen molar-refractivity contribution >= 4 is 16.0 Å². The zero-order valence-corrected chi connectivity index (χ0v) is 10.4. The second-order valence-corrected chi connectivity index (χ2v) is 5.37. The molecule has 0 atom stereocenters. The number of H-pyrrole nitrogens is 1. The van der Waals surface area contributed by atoms with Crippen LogP contribution in [0.15, 0.2) is 29.8 Å². The summed E-state index contributed by atoms with van der Waals surface area (Å²) in [7, 11) is -3.83. The maximum atomic E-state index is 12.1. The van der Waals surface area contributed by atoms with Gasteiger partial charge in [0.2, 0.25) is 10.0 Å². The van der Waals surface area contributed by atoms with Crippen LogP contribution in [0.25, 0.3) is 0 Å². The van der Waals surface area contributed by atoms with Gasteiger partial charge in [-0.05, 0) is 6.07 Å². The molecule has 0 spiro atoms. The Morgan fingerprint density at radius 2 is 2.22 bits per heavy atom. The first-order valence-electron chi connectivity index (χ1n) is 5.07. The van der Waals surface area contributed by atoms with Crippen LogP contribution in [-0.4, -0.2) is 53.6 Å². The smallest absolute Gasteiger partial charge is 0.352 e. The molecule has 0 aliphatic heterocycles. The van der Waals surface area contributed by atoms with Crippen molar-refractivity contribution in [2.75, 3.05) is 19.7 Å². The van der Waals surface area contributed by atoms with Gasteiger partial charge >= 0.3 is 5.97 Å². The van der Waals surface area contributed by atoms with E-state index < -0.39 is 16.0 Å². The molecule has 7 nitrogen and oxygen atoms in total. The van der Waals surface area contributed by atoms with E-state index in [1.165, 1.54) is 6.08 Å². The number of aromatic nitrogens is 1. The van der Waals surface area contributed by atoms with Gasteiger partial charge in [0.15, 0.2) is 0 Å². The fraction of sp³-hybridized carbons (Fsp3) is 0.300. The van der Waals surface area contributed by atoms with Gasteiger partial charge in [0.25, 0.3) is 0 Å². The highest BCUT2D eigenvalue weighted by atomic mass is 32.2. The first-order valence-corrected chi connectivity index (χ1v) is 6.51. The molecule has 0 aromatic carbocycles. The standard InChI is InChI=1S/C10H14N2O5S/c1-2-3-12(4-5-13)18(16,17)8-6-9(10(14)15)11-7-8/h2,6-7,11,13H,1,3-5H2,(H,14,15). The monoisotopic (exact) mass is 274 g/mol. The van der Waals surface area contributed by atoms with E-state index in [4.69, 9.17) is 10.2 Å². The molecule has 3 N–H and O–H groups in total. The molecule has 18 heavy (non-hydrogen) atoms. The van der Waals surface area contributed by atoms with E-state index in [1.54, 1.807) is 0 Å². The van der Waals surface area contributed by atoms with Gasteiger partial charge in [0, 0.05) is 19.3 Å². The Kier molecular flexibility index (Phi) is 4.65. The number of aromatic amines is 1. The molecule has 0 radical (unpaired) electrons. The molecule has 0 saturated carbocycles. The van der Waals surface area contributed by atoms with Crippen molar-refractivity contribution in [3.05, 3.63) is 30.6 Å². The van der Waals surface area contributed by atoms with Gasteiger partial charge < -0.3 is 15.2 Å². The van der Waals surface area contributed by atoms with Crippen LogP contribution in [0.1, 0.15) is 10.5 Å². The summed E-state index contributed by atoms with van der Waals surface area (Å²) in [5.41, 5.74) is -0.212. The highest BCUT2D eigenvalue weighted by molar-refractivity contribution is 7.89. The molecule has 0 unspecified atom stereocenters. The summed E-state index contributed by atoms with van der Waals surface area (Å²) in [5, 5.41) is 17.5. The highest BCUT2D eigenvalue weighted by Crippen LogP contribution is 2.16. The van der Waals surface area contributed by atoms with Crippen molar-refractivity contribution in [3.8, 4) is 0 Å². The van der Waals surface area contributed by atoms with Gasteiger partial charge in [-0.3, -0.25) is 0 Å². The van der Waals surface area contributed by atoms with Gasteiger partial charge in [-0.25, -0.2) is 13.2 Å². The molecule has 100 valence electrons. The summed E-state index contributed by atoms with van der Waals surface area (Å²) in [6.07, 6.45) is 2.49. The number of nitrogens with one attached hydrogen (secondary N) is 1. The quantitative estimate of drug-likeness (QED) is 0.600. The zero-order chi connectivity index (χ0) is 13.8. The molecule has 1 heterocycles. The number of aliphatic hydroxyl groups is 1. The number of aromatic carboxylic acids is 1. The minimum absolute atomic E-state index is 0.0382. The molecule has 1 rings (SSSR count). The van der Waals surface area contributed by atoms with E-state index in [9.17, 15) is 13.2 Å². The average Bonchev–Trinajstić information content (AvgIpc) is 2.78. The van der Waals surface area contributed by atoms with E-state index in [1.807, 2.05) is 0 Å². The summed E-state index contributed by atoms with van der Waals surface area (Å²) in [4.78, 5) is 12.9. The molecular weight excluding hydrogens is 260 g/mol. The number of carbonyl (C=O) groups is 1. The molecule has 0 amide bonds. The zero-order valence-electron chi connectivity index (χ0n) is 9.54. The molecule has 0 bridgehead atoms. The SMILES string of the molecule is C=CCN(CCO)S(=O)(=O)c1c[nH]c(C(=O)O)c1.